The number of hydrogen-bond acceptors (Lipinski definition) is 4. The molecule has 0 aliphatic carbocycles. The molecule has 0 heterocycles. The molecule has 2 aromatic rings. The zero-order valence-electron chi connectivity index (χ0n) is 10.8. The van der Waals surface area contributed by atoms with Gasteiger partial charge in [-0.05, 0) is 42.0 Å². The molecule has 19 heavy (non-hydrogen) atoms. The number of likely N-dealkylation sites (N-methyl/N-ethyl adjacent to an activating group) is 1. The zero-order valence-corrected chi connectivity index (χ0v) is 10.8. The monoisotopic (exact) mass is 258 g/mol. The zero-order chi connectivity index (χ0) is 13.8. The standard InChI is InChI=1S/C15H18N2O2/c1-17(12-4-8-14(19)9-5-12)15(10-16)11-2-6-13(18)7-3-11/h2-9,15,18-19H,10,16H2,1H3. The van der Waals surface area contributed by atoms with E-state index in [1.165, 1.54) is 0 Å². The van der Waals surface area contributed by atoms with Crippen LogP contribution in [0.4, 0.5) is 5.69 Å². The number of phenolic OH excluding ortho intramolecular Hbond substituents is 2. The molecule has 2 aromatic carbocycles. The van der Waals surface area contributed by atoms with E-state index in [9.17, 15) is 10.2 Å². The van der Waals surface area contributed by atoms with Crippen LogP contribution in [-0.4, -0.2) is 23.8 Å². The molecule has 4 heteroatoms. The third-order valence-corrected chi connectivity index (χ3v) is 3.23. The molecule has 2 rings (SSSR count). The van der Waals surface area contributed by atoms with Gasteiger partial charge in [0.25, 0.3) is 0 Å². The van der Waals surface area contributed by atoms with E-state index in [-0.39, 0.29) is 17.5 Å². The van der Waals surface area contributed by atoms with E-state index >= 15 is 0 Å². The lowest BCUT2D eigenvalue weighted by molar-refractivity contribution is 0.474. The van der Waals surface area contributed by atoms with Gasteiger partial charge in [-0.3, -0.25) is 0 Å². The highest BCUT2D eigenvalue weighted by Gasteiger charge is 2.15. The molecule has 1 unspecified atom stereocenters. The van der Waals surface area contributed by atoms with Gasteiger partial charge in [-0.25, -0.2) is 0 Å². The van der Waals surface area contributed by atoms with Crippen LogP contribution >= 0.6 is 0 Å². The maximum absolute atomic E-state index is 9.32. The van der Waals surface area contributed by atoms with Crippen LogP contribution in [-0.2, 0) is 0 Å². The van der Waals surface area contributed by atoms with Crippen LogP contribution in [0.1, 0.15) is 11.6 Å². The number of rotatable bonds is 4. The maximum atomic E-state index is 9.32. The third kappa shape index (κ3) is 2.98. The fourth-order valence-corrected chi connectivity index (χ4v) is 2.08. The van der Waals surface area contributed by atoms with Gasteiger partial charge in [-0.1, -0.05) is 12.1 Å². The average molecular weight is 258 g/mol. The van der Waals surface area contributed by atoms with E-state index in [1.807, 2.05) is 36.2 Å². The fraction of sp³-hybridized carbons (Fsp3) is 0.200. The quantitative estimate of drug-likeness (QED) is 0.786. The van der Waals surface area contributed by atoms with Crippen molar-refractivity contribution < 1.29 is 10.2 Å². The van der Waals surface area contributed by atoms with Crippen LogP contribution in [0, 0.1) is 0 Å². The lowest BCUT2D eigenvalue weighted by Gasteiger charge is -2.29. The summed E-state index contributed by atoms with van der Waals surface area (Å²) in [5.74, 6) is 0.484. The van der Waals surface area contributed by atoms with E-state index in [0.29, 0.717) is 6.54 Å². The summed E-state index contributed by atoms with van der Waals surface area (Å²) in [7, 11) is 1.96. The second-order valence-electron chi connectivity index (χ2n) is 4.47. The van der Waals surface area contributed by atoms with Gasteiger partial charge in [-0.2, -0.15) is 0 Å². The molecule has 4 nitrogen and oxygen atoms in total. The van der Waals surface area contributed by atoms with Crippen LogP contribution in [0.3, 0.4) is 0 Å². The summed E-state index contributed by atoms with van der Waals surface area (Å²) < 4.78 is 0. The Morgan fingerprint density at radius 1 is 0.947 bits per heavy atom. The SMILES string of the molecule is CN(c1ccc(O)cc1)C(CN)c1ccc(O)cc1. The van der Waals surface area contributed by atoms with Gasteiger partial charge >= 0.3 is 0 Å². The summed E-state index contributed by atoms with van der Waals surface area (Å²) in [5.41, 5.74) is 7.87. The minimum Gasteiger partial charge on any atom is -0.508 e. The predicted molar refractivity (Wildman–Crippen MR) is 76.4 cm³/mol. The predicted octanol–water partition coefficient (Wildman–Crippen LogP) is 2.23. The highest BCUT2D eigenvalue weighted by atomic mass is 16.3. The number of nitrogens with two attached hydrogens (primary N) is 1. The molecule has 1 atom stereocenters. The number of anilines is 1. The van der Waals surface area contributed by atoms with Crippen molar-refractivity contribution in [3.05, 3.63) is 54.1 Å². The van der Waals surface area contributed by atoms with Crippen LogP contribution in [0.2, 0.25) is 0 Å². The van der Waals surface area contributed by atoms with E-state index in [1.54, 1.807) is 24.3 Å². The summed E-state index contributed by atoms with van der Waals surface area (Å²) in [6.45, 7) is 0.460. The summed E-state index contributed by atoms with van der Waals surface area (Å²) in [5, 5.41) is 18.6. The first kappa shape index (κ1) is 13.2. The molecular weight excluding hydrogens is 240 g/mol. The summed E-state index contributed by atoms with van der Waals surface area (Å²) >= 11 is 0. The van der Waals surface area contributed by atoms with Crippen molar-refractivity contribution in [3.63, 3.8) is 0 Å². The van der Waals surface area contributed by atoms with Gasteiger partial charge in [0.1, 0.15) is 11.5 Å². The van der Waals surface area contributed by atoms with Crippen molar-refractivity contribution in [1.82, 2.24) is 0 Å². The van der Waals surface area contributed by atoms with Crippen LogP contribution in [0.5, 0.6) is 11.5 Å². The topological polar surface area (TPSA) is 69.7 Å². The van der Waals surface area contributed by atoms with Crippen molar-refractivity contribution in [2.45, 2.75) is 6.04 Å². The molecule has 0 aliphatic heterocycles. The van der Waals surface area contributed by atoms with Gasteiger partial charge in [0.05, 0.1) is 6.04 Å². The number of benzene rings is 2. The van der Waals surface area contributed by atoms with Gasteiger partial charge in [-0.15, -0.1) is 0 Å². The largest absolute Gasteiger partial charge is 0.508 e. The first-order valence-corrected chi connectivity index (χ1v) is 6.12. The Balaban J connectivity index is 2.26. The normalized spacial score (nSPS) is 12.1. The lowest BCUT2D eigenvalue weighted by atomic mass is 10.0. The molecule has 0 saturated heterocycles. The molecule has 0 amide bonds. The van der Waals surface area contributed by atoms with Gasteiger partial charge in [0.2, 0.25) is 0 Å². The summed E-state index contributed by atoms with van der Waals surface area (Å²) in [6, 6.07) is 14.0. The van der Waals surface area contributed by atoms with Crippen molar-refractivity contribution >= 4 is 5.69 Å². The summed E-state index contributed by atoms with van der Waals surface area (Å²) in [4.78, 5) is 2.05. The van der Waals surface area contributed by atoms with E-state index in [2.05, 4.69) is 0 Å². The first-order valence-electron chi connectivity index (χ1n) is 6.12. The van der Waals surface area contributed by atoms with Gasteiger partial charge in [0, 0.05) is 19.3 Å². The number of phenols is 2. The molecule has 0 aromatic heterocycles. The van der Waals surface area contributed by atoms with Crippen molar-refractivity contribution in [1.29, 1.82) is 0 Å². The van der Waals surface area contributed by atoms with Crippen LogP contribution < -0.4 is 10.6 Å². The Bertz CT molecular complexity index is 523. The van der Waals surface area contributed by atoms with Crippen LogP contribution in [0.25, 0.3) is 0 Å². The molecule has 0 fully saturated rings. The smallest absolute Gasteiger partial charge is 0.115 e. The number of hydrogen-bond donors (Lipinski definition) is 3. The van der Waals surface area contributed by atoms with E-state index < -0.39 is 0 Å². The van der Waals surface area contributed by atoms with Gasteiger partial charge < -0.3 is 20.8 Å². The Morgan fingerprint density at radius 2 is 1.42 bits per heavy atom. The van der Waals surface area contributed by atoms with Gasteiger partial charge in [0.15, 0.2) is 0 Å². The molecular formula is C15H18N2O2. The van der Waals surface area contributed by atoms with E-state index in [4.69, 9.17) is 5.73 Å². The maximum Gasteiger partial charge on any atom is 0.115 e. The van der Waals surface area contributed by atoms with Crippen molar-refractivity contribution in [3.8, 4) is 11.5 Å². The molecule has 0 spiro atoms. The summed E-state index contributed by atoms with van der Waals surface area (Å²) in [6.07, 6.45) is 0. The second-order valence-corrected chi connectivity index (χ2v) is 4.47. The molecule has 100 valence electrons. The Morgan fingerprint density at radius 3 is 1.89 bits per heavy atom. The molecule has 0 radical (unpaired) electrons. The average Bonchev–Trinajstić information content (AvgIpc) is 2.42. The number of aromatic hydroxyl groups is 2. The number of nitrogens with zero attached hydrogens (tertiary/aromatic N) is 1. The molecule has 0 bridgehead atoms. The second kappa shape index (κ2) is 5.63. The first-order chi connectivity index (χ1) is 9.11. The highest BCUT2D eigenvalue weighted by molar-refractivity contribution is 5.50. The Kier molecular flexibility index (Phi) is 3.92. The van der Waals surface area contributed by atoms with E-state index in [0.717, 1.165) is 11.3 Å². The van der Waals surface area contributed by atoms with Crippen molar-refractivity contribution in [2.75, 3.05) is 18.5 Å². The Labute approximate surface area is 112 Å². The molecule has 4 N–H and O–H groups in total. The lowest BCUT2D eigenvalue weighted by Crippen LogP contribution is -2.30. The van der Waals surface area contributed by atoms with Crippen LogP contribution in [0.15, 0.2) is 48.5 Å². The fourth-order valence-electron chi connectivity index (χ4n) is 2.08. The van der Waals surface area contributed by atoms with Crippen molar-refractivity contribution in [2.24, 2.45) is 5.73 Å². The third-order valence-electron chi connectivity index (χ3n) is 3.23. The highest BCUT2D eigenvalue weighted by Crippen LogP contribution is 2.27. The molecule has 0 saturated carbocycles. The molecule has 0 aliphatic rings. The Hall–Kier alpha value is -2.20. The minimum absolute atomic E-state index is 0.0187. The minimum atomic E-state index is 0.0187.